The normalized spacial score (nSPS) is 44.4. The number of hydrogen-bond donors (Lipinski definition) is 1. The van der Waals surface area contributed by atoms with Gasteiger partial charge in [0.2, 0.25) is 0 Å². The average Bonchev–Trinajstić information content (AvgIpc) is 2.62. The van der Waals surface area contributed by atoms with Crippen molar-refractivity contribution in [3.8, 4) is 0 Å². The maximum atomic E-state index is 6.31. The van der Waals surface area contributed by atoms with Crippen molar-refractivity contribution in [2.75, 3.05) is 0 Å². The van der Waals surface area contributed by atoms with Crippen molar-refractivity contribution in [2.24, 2.45) is 17.6 Å². The highest BCUT2D eigenvalue weighted by atomic mass is 32.1. The van der Waals surface area contributed by atoms with Gasteiger partial charge in [0, 0.05) is 5.38 Å². The van der Waals surface area contributed by atoms with Gasteiger partial charge in [-0.1, -0.05) is 6.42 Å². The van der Waals surface area contributed by atoms with E-state index in [-0.39, 0.29) is 5.54 Å². The third kappa shape index (κ3) is 0.666. The third-order valence-corrected chi connectivity index (χ3v) is 4.10. The first kappa shape index (κ1) is 7.04. The molecule has 0 aromatic carbocycles. The zero-order valence-electron chi connectivity index (χ0n) is 6.86. The molecule has 0 saturated heterocycles. The lowest BCUT2D eigenvalue weighted by Crippen LogP contribution is -2.25. The predicted molar refractivity (Wildman–Crippen MR) is 48.8 cm³/mol. The molecular weight excluding hydrogens is 168 g/mol. The topological polar surface area (TPSA) is 38.9 Å². The van der Waals surface area contributed by atoms with E-state index in [4.69, 9.17) is 5.73 Å². The Kier molecular flexibility index (Phi) is 1.23. The maximum Gasteiger partial charge on any atom is 0.0795 e. The van der Waals surface area contributed by atoms with E-state index in [1.54, 1.807) is 11.3 Å². The SMILES string of the molecule is NC1(c2cscn2)C2CCCC21. The van der Waals surface area contributed by atoms with Gasteiger partial charge in [-0.05, 0) is 24.7 Å². The second-order valence-electron chi connectivity index (χ2n) is 3.95. The van der Waals surface area contributed by atoms with Gasteiger partial charge < -0.3 is 5.73 Å². The van der Waals surface area contributed by atoms with Crippen LogP contribution in [0.4, 0.5) is 0 Å². The van der Waals surface area contributed by atoms with Crippen LogP contribution in [0.25, 0.3) is 0 Å². The number of aromatic nitrogens is 1. The predicted octanol–water partition coefficient (Wildman–Crippen LogP) is 1.73. The molecule has 2 aliphatic carbocycles. The molecule has 3 rings (SSSR count). The first-order chi connectivity index (χ1) is 5.83. The van der Waals surface area contributed by atoms with E-state index >= 15 is 0 Å². The molecule has 3 heteroatoms. The number of fused-ring (bicyclic) bond motifs is 1. The Morgan fingerprint density at radius 3 is 2.83 bits per heavy atom. The molecule has 1 heterocycles. The molecule has 64 valence electrons. The molecule has 12 heavy (non-hydrogen) atoms. The van der Waals surface area contributed by atoms with Crippen molar-refractivity contribution in [1.29, 1.82) is 0 Å². The Morgan fingerprint density at radius 2 is 2.25 bits per heavy atom. The van der Waals surface area contributed by atoms with Crippen LogP contribution in [0.5, 0.6) is 0 Å². The molecule has 2 nitrogen and oxygen atoms in total. The summed E-state index contributed by atoms with van der Waals surface area (Å²) < 4.78 is 0. The van der Waals surface area contributed by atoms with Crippen molar-refractivity contribution >= 4 is 11.3 Å². The van der Waals surface area contributed by atoms with Gasteiger partial charge in [0.1, 0.15) is 0 Å². The van der Waals surface area contributed by atoms with Crippen molar-refractivity contribution in [3.05, 3.63) is 16.6 Å². The number of hydrogen-bond acceptors (Lipinski definition) is 3. The zero-order valence-corrected chi connectivity index (χ0v) is 7.68. The first-order valence-electron chi connectivity index (χ1n) is 4.51. The summed E-state index contributed by atoms with van der Waals surface area (Å²) >= 11 is 1.65. The molecule has 2 N–H and O–H groups in total. The minimum atomic E-state index is -0.0156. The third-order valence-electron chi connectivity index (χ3n) is 3.51. The van der Waals surface area contributed by atoms with Crippen LogP contribution in [0.2, 0.25) is 0 Å². The Bertz CT molecular complexity index is 283. The van der Waals surface area contributed by atoms with Gasteiger partial charge in [0.25, 0.3) is 0 Å². The fraction of sp³-hybridized carbons (Fsp3) is 0.667. The number of rotatable bonds is 1. The van der Waals surface area contributed by atoms with E-state index in [9.17, 15) is 0 Å². The summed E-state index contributed by atoms with van der Waals surface area (Å²) in [5, 5.41) is 2.11. The molecule has 0 aliphatic heterocycles. The van der Waals surface area contributed by atoms with Crippen molar-refractivity contribution < 1.29 is 0 Å². The second-order valence-corrected chi connectivity index (χ2v) is 4.67. The molecule has 2 atom stereocenters. The summed E-state index contributed by atoms with van der Waals surface area (Å²) in [6, 6.07) is 0. The van der Waals surface area contributed by atoms with Crippen molar-refractivity contribution in [2.45, 2.75) is 24.8 Å². The molecule has 1 aromatic heterocycles. The lowest BCUT2D eigenvalue weighted by Gasteiger charge is -2.11. The van der Waals surface area contributed by atoms with Crippen LogP contribution in [0, 0.1) is 11.8 Å². The molecule has 0 amide bonds. The van der Waals surface area contributed by atoms with Crippen LogP contribution in [0.15, 0.2) is 10.9 Å². The highest BCUT2D eigenvalue weighted by molar-refractivity contribution is 7.07. The molecule has 2 unspecified atom stereocenters. The van der Waals surface area contributed by atoms with Gasteiger partial charge >= 0.3 is 0 Å². The molecule has 0 spiro atoms. The van der Waals surface area contributed by atoms with Crippen molar-refractivity contribution in [3.63, 3.8) is 0 Å². The Hall–Kier alpha value is -0.410. The largest absolute Gasteiger partial charge is 0.320 e. The van der Waals surface area contributed by atoms with E-state index in [2.05, 4.69) is 10.4 Å². The number of thiazole rings is 1. The van der Waals surface area contributed by atoms with Gasteiger partial charge in [0.05, 0.1) is 16.7 Å². The van der Waals surface area contributed by atoms with Crippen LogP contribution in [-0.2, 0) is 5.54 Å². The van der Waals surface area contributed by atoms with Gasteiger partial charge in [-0.3, -0.25) is 0 Å². The minimum absolute atomic E-state index is 0.0156. The van der Waals surface area contributed by atoms with E-state index in [1.807, 2.05) is 5.51 Å². The Labute approximate surface area is 75.8 Å². The number of nitrogens with two attached hydrogens (primary N) is 1. The molecule has 0 bridgehead atoms. The maximum absolute atomic E-state index is 6.31. The van der Waals surface area contributed by atoms with Crippen LogP contribution in [0.3, 0.4) is 0 Å². The van der Waals surface area contributed by atoms with Gasteiger partial charge in [-0.15, -0.1) is 11.3 Å². The highest BCUT2D eigenvalue weighted by Gasteiger charge is 2.65. The van der Waals surface area contributed by atoms with Crippen LogP contribution >= 0.6 is 11.3 Å². The van der Waals surface area contributed by atoms with Crippen molar-refractivity contribution in [1.82, 2.24) is 4.98 Å². The monoisotopic (exact) mass is 180 g/mol. The van der Waals surface area contributed by atoms with E-state index in [0.29, 0.717) is 0 Å². The van der Waals surface area contributed by atoms with E-state index < -0.39 is 0 Å². The summed E-state index contributed by atoms with van der Waals surface area (Å²) in [6.45, 7) is 0. The molecule has 1 aromatic rings. The van der Waals surface area contributed by atoms with Crippen LogP contribution in [-0.4, -0.2) is 4.98 Å². The summed E-state index contributed by atoms with van der Waals surface area (Å²) in [6.07, 6.45) is 4.01. The Balaban J connectivity index is 1.96. The minimum Gasteiger partial charge on any atom is -0.320 e. The van der Waals surface area contributed by atoms with Gasteiger partial charge in [-0.2, -0.15) is 0 Å². The van der Waals surface area contributed by atoms with Crippen LogP contribution < -0.4 is 5.73 Å². The van der Waals surface area contributed by atoms with E-state index in [0.717, 1.165) is 17.5 Å². The molecule has 2 aliphatic rings. The quantitative estimate of drug-likeness (QED) is 0.714. The zero-order chi connectivity index (χ0) is 8.18. The lowest BCUT2D eigenvalue weighted by molar-refractivity contribution is 0.516. The lowest BCUT2D eigenvalue weighted by atomic mass is 10.0. The van der Waals surface area contributed by atoms with Gasteiger partial charge in [-0.25, -0.2) is 4.98 Å². The first-order valence-corrected chi connectivity index (χ1v) is 5.45. The molecule has 2 fully saturated rings. The highest BCUT2D eigenvalue weighted by Crippen LogP contribution is 2.64. The standard InChI is InChI=1S/C9H12N2S/c10-9(8-4-12-5-11-8)6-2-1-3-7(6)9/h4-7H,1-3,10H2. The van der Waals surface area contributed by atoms with Crippen LogP contribution in [0.1, 0.15) is 25.0 Å². The molecule has 0 radical (unpaired) electrons. The summed E-state index contributed by atoms with van der Waals surface area (Å²) in [7, 11) is 0. The Morgan fingerprint density at radius 1 is 1.50 bits per heavy atom. The van der Waals surface area contributed by atoms with E-state index in [1.165, 1.54) is 19.3 Å². The molecular formula is C9H12N2S. The fourth-order valence-electron chi connectivity index (χ4n) is 2.81. The fourth-order valence-corrected chi connectivity index (χ4v) is 3.44. The molecule has 2 saturated carbocycles. The van der Waals surface area contributed by atoms with Gasteiger partial charge in [0.15, 0.2) is 0 Å². The summed E-state index contributed by atoms with van der Waals surface area (Å²) in [4.78, 5) is 4.33. The number of nitrogens with zero attached hydrogens (tertiary/aromatic N) is 1. The average molecular weight is 180 g/mol. The summed E-state index contributed by atoms with van der Waals surface area (Å²) in [5.74, 6) is 1.50. The smallest absolute Gasteiger partial charge is 0.0795 e. The second kappa shape index (κ2) is 2.09. The summed E-state index contributed by atoms with van der Waals surface area (Å²) in [5.41, 5.74) is 9.32.